The van der Waals surface area contributed by atoms with Crippen LogP contribution in [0.15, 0.2) is 23.7 Å². The van der Waals surface area contributed by atoms with Crippen LogP contribution in [0.1, 0.15) is 40.3 Å². The van der Waals surface area contributed by atoms with Gasteiger partial charge in [0.25, 0.3) is 5.91 Å². The van der Waals surface area contributed by atoms with Crippen LogP contribution in [0.3, 0.4) is 0 Å². The number of aryl methyl sites for hydroxylation is 2. The molecule has 5 heteroatoms. The Morgan fingerprint density at radius 2 is 2.19 bits per heavy atom. The highest BCUT2D eigenvalue weighted by molar-refractivity contribution is 7.10. The van der Waals surface area contributed by atoms with Crippen LogP contribution in [0.4, 0.5) is 5.69 Å². The molecule has 0 radical (unpaired) electrons. The van der Waals surface area contributed by atoms with Crippen LogP contribution < -0.4 is 10.6 Å². The van der Waals surface area contributed by atoms with E-state index in [1.54, 1.807) is 17.5 Å². The Morgan fingerprint density at radius 1 is 1.38 bits per heavy atom. The molecule has 0 saturated carbocycles. The molecule has 2 N–H and O–H groups in total. The van der Waals surface area contributed by atoms with Gasteiger partial charge in [-0.1, -0.05) is 6.92 Å². The predicted molar refractivity (Wildman–Crippen MR) is 88.0 cm³/mol. The number of aromatic nitrogens is 1. The third-order valence-electron chi connectivity index (χ3n) is 3.28. The summed E-state index contributed by atoms with van der Waals surface area (Å²) < 4.78 is 0. The van der Waals surface area contributed by atoms with Gasteiger partial charge in [-0.2, -0.15) is 0 Å². The molecule has 21 heavy (non-hydrogen) atoms. The first-order valence-corrected chi connectivity index (χ1v) is 8.07. The van der Waals surface area contributed by atoms with Gasteiger partial charge >= 0.3 is 0 Å². The largest absolute Gasteiger partial charge is 0.385 e. The molecule has 2 rings (SSSR count). The first-order valence-electron chi connectivity index (χ1n) is 7.19. The fraction of sp³-hybridized carbons (Fsp3) is 0.375. The van der Waals surface area contributed by atoms with Gasteiger partial charge in [0.1, 0.15) is 0 Å². The fourth-order valence-corrected chi connectivity index (χ4v) is 3.09. The summed E-state index contributed by atoms with van der Waals surface area (Å²) in [6.45, 7) is 7.40. The summed E-state index contributed by atoms with van der Waals surface area (Å²) >= 11 is 1.68. The molecule has 0 spiro atoms. The molecule has 0 fully saturated rings. The van der Waals surface area contributed by atoms with Crippen LogP contribution in [-0.4, -0.2) is 17.4 Å². The van der Waals surface area contributed by atoms with E-state index in [0.717, 1.165) is 24.3 Å². The van der Waals surface area contributed by atoms with Crippen molar-refractivity contribution < 1.29 is 4.79 Å². The standard InChI is InChI=1S/C16H21N3OS/c1-4-12-6-7-21-15(12)10-19-16(20)13-9-18-11(3)8-14(13)17-5-2/h6-9H,4-5,10H2,1-3H3,(H,17,18)(H,19,20). The normalized spacial score (nSPS) is 10.4. The Balaban J connectivity index is 2.10. The molecule has 0 atom stereocenters. The van der Waals surface area contributed by atoms with Crippen LogP contribution in [0.25, 0.3) is 0 Å². The zero-order valence-electron chi connectivity index (χ0n) is 12.7. The molecular weight excluding hydrogens is 282 g/mol. The maximum atomic E-state index is 12.4. The van der Waals surface area contributed by atoms with E-state index in [4.69, 9.17) is 0 Å². The number of thiophene rings is 1. The first kappa shape index (κ1) is 15.5. The van der Waals surface area contributed by atoms with Crippen molar-refractivity contribution in [3.63, 3.8) is 0 Å². The Hall–Kier alpha value is -1.88. The zero-order valence-corrected chi connectivity index (χ0v) is 13.5. The van der Waals surface area contributed by atoms with Gasteiger partial charge in [-0.05, 0) is 43.3 Å². The molecule has 1 amide bonds. The van der Waals surface area contributed by atoms with E-state index < -0.39 is 0 Å². The second-order valence-electron chi connectivity index (χ2n) is 4.81. The highest BCUT2D eigenvalue weighted by Crippen LogP contribution is 2.19. The summed E-state index contributed by atoms with van der Waals surface area (Å²) in [5, 5.41) is 8.27. The third-order valence-corrected chi connectivity index (χ3v) is 4.24. The van der Waals surface area contributed by atoms with Crippen LogP contribution >= 0.6 is 11.3 Å². The number of anilines is 1. The van der Waals surface area contributed by atoms with Crippen molar-refractivity contribution in [3.8, 4) is 0 Å². The molecule has 112 valence electrons. The lowest BCUT2D eigenvalue weighted by molar-refractivity contribution is 0.0951. The molecule has 4 nitrogen and oxygen atoms in total. The van der Waals surface area contributed by atoms with Crippen LogP contribution in [0.5, 0.6) is 0 Å². The van der Waals surface area contributed by atoms with Gasteiger partial charge in [0.2, 0.25) is 0 Å². The minimum atomic E-state index is -0.0890. The maximum Gasteiger partial charge on any atom is 0.255 e. The summed E-state index contributed by atoms with van der Waals surface area (Å²) in [6, 6.07) is 4.02. The molecule has 2 heterocycles. The SMILES string of the molecule is CCNc1cc(C)ncc1C(=O)NCc1sccc1CC. The van der Waals surface area contributed by atoms with Crippen LogP contribution in [0, 0.1) is 6.92 Å². The van der Waals surface area contributed by atoms with Gasteiger partial charge < -0.3 is 10.6 Å². The van der Waals surface area contributed by atoms with E-state index in [9.17, 15) is 4.79 Å². The number of pyridine rings is 1. The number of carbonyl (C=O) groups is 1. The quantitative estimate of drug-likeness (QED) is 0.860. The van der Waals surface area contributed by atoms with Crippen molar-refractivity contribution in [1.29, 1.82) is 0 Å². The highest BCUT2D eigenvalue weighted by Gasteiger charge is 2.13. The van der Waals surface area contributed by atoms with E-state index in [0.29, 0.717) is 12.1 Å². The number of hydrogen-bond donors (Lipinski definition) is 2. The minimum Gasteiger partial charge on any atom is -0.385 e. The first-order chi connectivity index (χ1) is 10.2. The van der Waals surface area contributed by atoms with Gasteiger partial charge in [0.15, 0.2) is 0 Å². The van der Waals surface area contributed by atoms with Gasteiger partial charge in [-0.3, -0.25) is 9.78 Å². The topological polar surface area (TPSA) is 54.0 Å². The van der Waals surface area contributed by atoms with E-state index >= 15 is 0 Å². The second-order valence-corrected chi connectivity index (χ2v) is 5.81. The Morgan fingerprint density at radius 3 is 2.90 bits per heavy atom. The van der Waals surface area contributed by atoms with E-state index in [1.165, 1.54) is 10.4 Å². The number of rotatable bonds is 6. The Bertz CT molecular complexity index is 622. The molecular formula is C16H21N3OS. The highest BCUT2D eigenvalue weighted by atomic mass is 32.1. The van der Waals surface area contributed by atoms with Crippen molar-refractivity contribution in [2.24, 2.45) is 0 Å². The number of nitrogens with zero attached hydrogens (tertiary/aromatic N) is 1. The molecule has 2 aromatic heterocycles. The van der Waals surface area contributed by atoms with Crippen molar-refractivity contribution in [3.05, 3.63) is 45.4 Å². The molecule has 0 aliphatic heterocycles. The lowest BCUT2D eigenvalue weighted by atomic mass is 10.2. The number of carbonyl (C=O) groups excluding carboxylic acids is 1. The molecule has 0 bridgehead atoms. The fourth-order valence-electron chi connectivity index (χ4n) is 2.17. The second kappa shape index (κ2) is 7.22. The summed E-state index contributed by atoms with van der Waals surface area (Å²) in [7, 11) is 0. The molecule has 0 saturated heterocycles. The summed E-state index contributed by atoms with van der Waals surface area (Å²) in [5.74, 6) is -0.0890. The molecule has 0 aliphatic carbocycles. The van der Waals surface area contributed by atoms with Crippen LogP contribution in [0.2, 0.25) is 0 Å². The van der Waals surface area contributed by atoms with Gasteiger partial charge in [-0.25, -0.2) is 0 Å². The number of amides is 1. The van der Waals surface area contributed by atoms with E-state index in [1.807, 2.05) is 19.9 Å². The average Bonchev–Trinajstić information content (AvgIpc) is 2.93. The van der Waals surface area contributed by atoms with Gasteiger partial charge in [0.05, 0.1) is 17.8 Å². The summed E-state index contributed by atoms with van der Waals surface area (Å²) in [4.78, 5) is 17.8. The maximum absolute atomic E-state index is 12.4. The average molecular weight is 303 g/mol. The van der Waals surface area contributed by atoms with Crippen molar-refractivity contribution in [2.75, 3.05) is 11.9 Å². The van der Waals surface area contributed by atoms with E-state index in [-0.39, 0.29) is 5.91 Å². The summed E-state index contributed by atoms with van der Waals surface area (Å²) in [5.41, 5.74) is 3.63. The molecule has 0 aliphatic rings. The van der Waals surface area contributed by atoms with Gasteiger partial charge in [0, 0.05) is 23.3 Å². The minimum absolute atomic E-state index is 0.0890. The zero-order chi connectivity index (χ0) is 15.2. The molecule has 2 aromatic rings. The number of nitrogens with one attached hydrogen (secondary N) is 2. The van der Waals surface area contributed by atoms with Crippen LogP contribution in [-0.2, 0) is 13.0 Å². The molecule has 0 unspecified atom stereocenters. The van der Waals surface area contributed by atoms with Crippen molar-refractivity contribution in [1.82, 2.24) is 10.3 Å². The third kappa shape index (κ3) is 3.82. The lowest BCUT2D eigenvalue weighted by Crippen LogP contribution is -2.24. The monoisotopic (exact) mass is 303 g/mol. The number of hydrogen-bond acceptors (Lipinski definition) is 4. The smallest absolute Gasteiger partial charge is 0.255 e. The Kier molecular flexibility index (Phi) is 5.33. The predicted octanol–water partition coefficient (Wildman–Crippen LogP) is 3.38. The summed E-state index contributed by atoms with van der Waals surface area (Å²) in [6.07, 6.45) is 2.63. The van der Waals surface area contributed by atoms with E-state index in [2.05, 4.69) is 34.0 Å². The Labute approximate surface area is 129 Å². The van der Waals surface area contributed by atoms with Gasteiger partial charge in [-0.15, -0.1) is 11.3 Å². The van der Waals surface area contributed by atoms with Crippen molar-refractivity contribution in [2.45, 2.75) is 33.7 Å². The van der Waals surface area contributed by atoms with Crippen molar-refractivity contribution >= 4 is 22.9 Å². The lowest BCUT2D eigenvalue weighted by Gasteiger charge is -2.11. The molecule has 0 aromatic carbocycles.